The van der Waals surface area contributed by atoms with Crippen LogP contribution in [0.2, 0.25) is 0 Å². The van der Waals surface area contributed by atoms with E-state index in [9.17, 15) is 4.79 Å². The molecule has 0 saturated carbocycles. The lowest BCUT2D eigenvalue weighted by Gasteiger charge is -2.04. The molecule has 0 aliphatic carbocycles. The van der Waals surface area contributed by atoms with Crippen molar-refractivity contribution in [1.29, 1.82) is 0 Å². The maximum absolute atomic E-state index is 11.2. The number of carbonyl (C=O) groups excluding carboxylic acids is 1. The van der Waals surface area contributed by atoms with Gasteiger partial charge in [-0.25, -0.2) is 4.79 Å². The SMILES string of the molecule is CCOC(=O)c1cc(O)cnc1C. The van der Waals surface area contributed by atoms with Crippen molar-refractivity contribution in [2.75, 3.05) is 6.61 Å². The minimum Gasteiger partial charge on any atom is -0.506 e. The molecule has 0 saturated heterocycles. The van der Waals surface area contributed by atoms with Crippen LogP contribution >= 0.6 is 0 Å². The Morgan fingerprint density at radius 3 is 3.00 bits per heavy atom. The summed E-state index contributed by atoms with van der Waals surface area (Å²) in [5, 5.41) is 9.08. The number of esters is 1. The van der Waals surface area contributed by atoms with Gasteiger partial charge in [-0.05, 0) is 19.9 Å². The van der Waals surface area contributed by atoms with E-state index in [4.69, 9.17) is 9.84 Å². The van der Waals surface area contributed by atoms with Crippen LogP contribution in [0, 0.1) is 6.92 Å². The molecular formula is C9H11NO3. The van der Waals surface area contributed by atoms with Crippen LogP contribution in [-0.2, 0) is 4.74 Å². The second kappa shape index (κ2) is 3.89. The van der Waals surface area contributed by atoms with Crippen LogP contribution in [0.3, 0.4) is 0 Å². The van der Waals surface area contributed by atoms with Gasteiger partial charge in [-0.15, -0.1) is 0 Å². The van der Waals surface area contributed by atoms with Crippen LogP contribution < -0.4 is 0 Å². The maximum atomic E-state index is 11.2. The van der Waals surface area contributed by atoms with Crippen LogP contribution in [0.25, 0.3) is 0 Å². The van der Waals surface area contributed by atoms with Gasteiger partial charge in [0, 0.05) is 0 Å². The van der Waals surface area contributed by atoms with E-state index in [-0.39, 0.29) is 5.75 Å². The molecule has 0 fully saturated rings. The molecule has 0 amide bonds. The molecule has 1 N–H and O–H groups in total. The van der Waals surface area contributed by atoms with Gasteiger partial charge in [0.25, 0.3) is 0 Å². The fraction of sp³-hybridized carbons (Fsp3) is 0.333. The number of rotatable bonds is 2. The van der Waals surface area contributed by atoms with Gasteiger partial charge >= 0.3 is 5.97 Å². The van der Waals surface area contributed by atoms with Crippen LogP contribution in [0.4, 0.5) is 0 Å². The van der Waals surface area contributed by atoms with Crippen molar-refractivity contribution in [1.82, 2.24) is 4.98 Å². The third kappa shape index (κ3) is 2.18. The van der Waals surface area contributed by atoms with E-state index in [0.29, 0.717) is 17.9 Å². The Morgan fingerprint density at radius 1 is 1.69 bits per heavy atom. The van der Waals surface area contributed by atoms with Crippen molar-refractivity contribution in [2.45, 2.75) is 13.8 Å². The Kier molecular flexibility index (Phi) is 2.84. The Bertz CT molecular complexity index is 323. The van der Waals surface area contributed by atoms with Crippen molar-refractivity contribution in [3.8, 4) is 5.75 Å². The van der Waals surface area contributed by atoms with Crippen LogP contribution in [0.5, 0.6) is 5.75 Å². The van der Waals surface area contributed by atoms with Crippen molar-refractivity contribution in [3.05, 3.63) is 23.5 Å². The highest BCUT2D eigenvalue weighted by molar-refractivity contribution is 5.90. The van der Waals surface area contributed by atoms with E-state index in [1.807, 2.05) is 0 Å². The number of aromatic hydroxyl groups is 1. The van der Waals surface area contributed by atoms with E-state index < -0.39 is 5.97 Å². The lowest BCUT2D eigenvalue weighted by molar-refractivity contribution is 0.0524. The molecule has 0 aromatic carbocycles. The third-order valence-corrected chi connectivity index (χ3v) is 1.57. The van der Waals surface area contributed by atoms with Crippen LogP contribution in [0.15, 0.2) is 12.3 Å². The molecular weight excluding hydrogens is 170 g/mol. The van der Waals surface area contributed by atoms with Crippen molar-refractivity contribution >= 4 is 5.97 Å². The highest BCUT2D eigenvalue weighted by atomic mass is 16.5. The fourth-order valence-corrected chi connectivity index (χ4v) is 0.938. The van der Waals surface area contributed by atoms with Gasteiger partial charge in [-0.1, -0.05) is 0 Å². The predicted molar refractivity (Wildman–Crippen MR) is 46.6 cm³/mol. The number of aryl methyl sites for hydroxylation is 1. The van der Waals surface area contributed by atoms with E-state index in [2.05, 4.69) is 4.98 Å². The first-order valence-corrected chi connectivity index (χ1v) is 3.98. The highest BCUT2D eigenvalue weighted by Crippen LogP contribution is 2.13. The molecule has 0 unspecified atom stereocenters. The first-order chi connectivity index (χ1) is 6.15. The largest absolute Gasteiger partial charge is 0.506 e. The summed E-state index contributed by atoms with van der Waals surface area (Å²) in [6.07, 6.45) is 1.29. The van der Waals surface area contributed by atoms with Crippen molar-refractivity contribution < 1.29 is 14.6 Å². The molecule has 0 spiro atoms. The first kappa shape index (κ1) is 9.51. The average Bonchev–Trinajstić information content (AvgIpc) is 2.09. The number of nitrogens with zero attached hydrogens (tertiary/aromatic N) is 1. The Labute approximate surface area is 76.2 Å². The number of carbonyl (C=O) groups is 1. The summed E-state index contributed by atoms with van der Waals surface area (Å²) >= 11 is 0. The molecule has 4 heteroatoms. The Balaban J connectivity index is 2.99. The molecule has 4 nitrogen and oxygen atoms in total. The van der Waals surface area contributed by atoms with Gasteiger partial charge in [0.05, 0.1) is 24.1 Å². The minimum absolute atomic E-state index is 0.0337. The van der Waals surface area contributed by atoms with E-state index in [1.54, 1.807) is 13.8 Å². The number of hydrogen-bond donors (Lipinski definition) is 1. The van der Waals surface area contributed by atoms with E-state index in [1.165, 1.54) is 12.3 Å². The number of ether oxygens (including phenoxy) is 1. The second-order valence-electron chi connectivity index (χ2n) is 2.55. The second-order valence-corrected chi connectivity index (χ2v) is 2.55. The summed E-state index contributed by atoms with van der Waals surface area (Å²) in [5.74, 6) is -0.489. The smallest absolute Gasteiger partial charge is 0.340 e. The standard InChI is InChI=1S/C9H11NO3/c1-3-13-9(12)8-4-7(11)5-10-6(8)2/h4-5,11H,3H2,1-2H3. The lowest BCUT2D eigenvalue weighted by atomic mass is 10.2. The van der Waals surface area contributed by atoms with E-state index in [0.717, 1.165) is 0 Å². The van der Waals surface area contributed by atoms with Gasteiger partial charge in [-0.3, -0.25) is 4.98 Å². The summed E-state index contributed by atoms with van der Waals surface area (Å²) in [5.41, 5.74) is 0.859. The van der Waals surface area contributed by atoms with Gasteiger partial charge in [-0.2, -0.15) is 0 Å². The molecule has 0 atom stereocenters. The average molecular weight is 181 g/mol. The zero-order chi connectivity index (χ0) is 9.84. The molecule has 0 radical (unpaired) electrons. The third-order valence-electron chi connectivity index (χ3n) is 1.57. The monoisotopic (exact) mass is 181 g/mol. The van der Waals surface area contributed by atoms with Gasteiger partial charge in [0.1, 0.15) is 5.75 Å². The summed E-state index contributed by atoms with van der Waals surface area (Å²) in [6, 6.07) is 1.35. The summed E-state index contributed by atoms with van der Waals surface area (Å²) in [6.45, 7) is 3.73. The van der Waals surface area contributed by atoms with Crippen LogP contribution in [-0.4, -0.2) is 22.7 Å². The lowest BCUT2D eigenvalue weighted by Crippen LogP contribution is -2.07. The number of pyridine rings is 1. The fourth-order valence-electron chi connectivity index (χ4n) is 0.938. The summed E-state index contributed by atoms with van der Waals surface area (Å²) in [7, 11) is 0. The molecule has 0 aliphatic heterocycles. The van der Waals surface area contributed by atoms with Gasteiger partial charge in [0.2, 0.25) is 0 Å². The van der Waals surface area contributed by atoms with Crippen LogP contribution in [0.1, 0.15) is 23.0 Å². The zero-order valence-corrected chi connectivity index (χ0v) is 7.57. The zero-order valence-electron chi connectivity index (χ0n) is 7.57. The number of hydrogen-bond acceptors (Lipinski definition) is 4. The summed E-state index contributed by atoms with van der Waals surface area (Å²) < 4.78 is 4.77. The Hall–Kier alpha value is -1.58. The molecule has 13 heavy (non-hydrogen) atoms. The first-order valence-electron chi connectivity index (χ1n) is 3.98. The highest BCUT2D eigenvalue weighted by Gasteiger charge is 2.11. The number of aromatic nitrogens is 1. The van der Waals surface area contributed by atoms with Gasteiger partial charge in [0.15, 0.2) is 0 Å². The maximum Gasteiger partial charge on any atom is 0.340 e. The van der Waals surface area contributed by atoms with Crippen molar-refractivity contribution in [2.24, 2.45) is 0 Å². The quantitative estimate of drug-likeness (QED) is 0.698. The van der Waals surface area contributed by atoms with E-state index >= 15 is 0 Å². The normalized spacial score (nSPS) is 9.69. The molecule has 1 rings (SSSR count). The predicted octanol–water partition coefficient (Wildman–Crippen LogP) is 1.27. The molecule has 70 valence electrons. The van der Waals surface area contributed by atoms with Crippen molar-refractivity contribution in [3.63, 3.8) is 0 Å². The summed E-state index contributed by atoms with van der Waals surface area (Å²) in [4.78, 5) is 15.1. The molecule has 0 bridgehead atoms. The molecule has 1 aromatic heterocycles. The minimum atomic E-state index is -0.455. The molecule has 1 aromatic rings. The topological polar surface area (TPSA) is 59.4 Å². The van der Waals surface area contributed by atoms with Gasteiger partial charge < -0.3 is 9.84 Å². The molecule has 0 aliphatic rings. The Morgan fingerprint density at radius 2 is 2.38 bits per heavy atom. The molecule has 1 heterocycles.